The minimum atomic E-state index is -3.42. The molecular formula is C11H22N2O2S2. The summed E-state index contributed by atoms with van der Waals surface area (Å²) in [4.78, 5) is 0.0588. The van der Waals surface area contributed by atoms with E-state index in [9.17, 15) is 8.42 Å². The number of nitrogens with two attached hydrogens (primary N) is 1. The predicted octanol–water partition coefficient (Wildman–Crippen LogP) is 1.55. The van der Waals surface area contributed by atoms with Crippen molar-refractivity contribution in [3.63, 3.8) is 0 Å². The van der Waals surface area contributed by atoms with Gasteiger partial charge in [-0.2, -0.15) is 0 Å². The van der Waals surface area contributed by atoms with Crippen molar-refractivity contribution in [2.24, 2.45) is 11.7 Å². The van der Waals surface area contributed by atoms with Gasteiger partial charge in [0.2, 0.25) is 10.0 Å². The van der Waals surface area contributed by atoms with Crippen LogP contribution in [0.15, 0.2) is 0 Å². The Bertz CT molecular complexity index is 368. The van der Waals surface area contributed by atoms with Crippen molar-refractivity contribution in [2.75, 3.05) is 0 Å². The summed E-state index contributed by atoms with van der Waals surface area (Å²) < 4.78 is 27.1. The smallest absolute Gasteiger partial charge is 0.221 e. The molecule has 3 atom stereocenters. The molecule has 1 fully saturated rings. The Hall–Kier alpha value is -0.200. The SMILES string of the molecule is CCC(C(N)=S)S(=O)(=O)NC1CCCCC1C. The number of hydrogen-bond donors (Lipinski definition) is 2. The van der Waals surface area contributed by atoms with E-state index in [4.69, 9.17) is 18.0 Å². The third kappa shape index (κ3) is 3.89. The van der Waals surface area contributed by atoms with Gasteiger partial charge >= 0.3 is 0 Å². The van der Waals surface area contributed by atoms with Gasteiger partial charge in [0.25, 0.3) is 0 Å². The molecule has 17 heavy (non-hydrogen) atoms. The first-order chi connectivity index (χ1) is 7.88. The quantitative estimate of drug-likeness (QED) is 0.748. The highest BCUT2D eigenvalue weighted by molar-refractivity contribution is 7.93. The van der Waals surface area contributed by atoms with Crippen LogP contribution in [0.3, 0.4) is 0 Å². The third-order valence-electron chi connectivity index (χ3n) is 3.49. The molecule has 0 amide bonds. The van der Waals surface area contributed by atoms with Crippen molar-refractivity contribution in [3.8, 4) is 0 Å². The first kappa shape index (κ1) is 14.9. The first-order valence-electron chi connectivity index (χ1n) is 6.19. The highest BCUT2D eigenvalue weighted by Gasteiger charge is 2.31. The minimum Gasteiger partial charge on any atom is -0.392 e. The number of thiocarbonyl (C=S) groups is 1. The molecule has 6 heteroatoms. The predicted molar refractivity (Wildman–Crippen MR) is 74.3 cm³/mol. The molecule has 0 heterocycles. The molecule has 1 saturated carbocycles. The van der Waals surface area contributed by atoms with E-state index in [0.29, 0.717) is 12.3 Å². The maximum atomic E-state index is 12.1. The highest BCUT2D eigenvalue weighted by atomic mass is 32.2. The summed E-state index contributed by atoms with van der Waals surface area (Å²) >= 11 is 4.82. The molecule has 3 unspecified atom stereocenters. The maximum absolute atomic E-state index is 12.1. The molecule has 0 bridgehead atoms. The summed E-state index contributed by atoms with van der Waals surface area (Å²) in [6.07, 6.45) is 4.68. The zero-order valence-corrected chi connectivity index (χ0v) is 12.1. The zero-order valence-electron chi connectivity index (χ0n) is 10.5. The van der Waals surface area contributed by atoms with Crippen molar-refractivity contribution >= 4 is 27.2 Å². The molecule has 0 saturated heterocycles. The van der Waals surface area contributed by atoms with E-state index in [0.717, 1.165) is 19.3 Å². The lowest BCUT2D eigenvalue weighted by molar-refractivity contribution is 0.310. The molecule has 1 aliphatic carbocycles. The molecule has 1 aliphatic rings. The summed E-state index contributed by atoms with van der Waals surface area (Å²) in [6, 6.07) is 0.0390. The van der Waals surface area contributed by atoms with Gasteiger partial charge in [-0.05, 0) is 25.2 Å². The second-order valence-corrected chi connectivity index (χ2v) is 7.20. The van der Waals surface area contributed by atoms with Crippen LogP contribution in [0.25, 0.3) is 0 Å². The van der Waals surface area contributed by atoms with Gasteiger partial charge in [-0.15, -0.1) is 0 Å². The monoisotopic (exact) mass is 278 g/mol. The van der Waals surface area contributed by atoms with Gasteiger partial charge in [0.1, 0.15) is 5.25 Å². The lowest BCUT2D eigenvalue weighted by atomic mass is 9.87. The fourth-order valence-electron chi connectivity index (χ4n) is 2.36. The van der Waals surface area contributed by atoms with Crippen LogP contribution in [-0.2, 0) is 10.0 Å². The van der Waals surface area contributed by atoms with Crippen molar-refractivity contribution in [3.05, 3.63) is 0 Å². The van der Waals surface area contributed by atoms with E-state index in [1.807, 2.05) is 0 Å². The first-order valence-corrected chi connectivity index (χ1v) is 8.14. The van der Waals surface area contributed by atoms with Crippen molar-refractivity contribution in [1.29, 1.82) is 0 Å². The fourth-order valence-corrected chi connectivity index (χ4v) is 4.59. The Labute approximate surface area is 109 Å². The topological polar surface area (TPSA) is 72.2 Å². The number of nitrogens with one attached hydrogen (secondary N) is 1. The van der Waals surface area contributed by atoms with Gasteiger partial charge in [-0.25, -0.2) is 13.1 Å². The van der Waals surface area contributed by atoms with Crippen LogP contribution >= 0.6 is 12.2 Å². The lowest BCUT2D eigenvalue weighted by Gasteiger charge is -2.30. The Balaban J connectivity index is 2.74. The molecule has 1 rings (SSSR count). The molecule has 100 valence electrons. The zero-order chi connectivity index (χ0) is 13.1. The number of rotatable bonds is 5. The van der Waals surface area contributed by atoms with Gasteiger partial charge in [-0.1, -0.05) is 38.9 Å². The van der Waals surface area contributed by atoms with Gasteiger partial charge in [-0.3, -0.25) is 0 Å². The fraction of sp³-hybridized carbons (Fsp3) is 0.909. The van der Waals surface area contributed by atoms with Crippen molar-refractivity contribution < 1.29 is 8.42 Å². The van der Waals surface area contributed by atoms with Gasteiger partial charge in [0.15, 0.2) is 0 Å². The molecule has 0 spiro atoms. The van der Waals surface area contributed by atoms with Crippen LogP contribution in [0.4, 0.5) is 0 Å². The molecule has 0 aromatic heterocycles. The normalized spacial score (nSPS) is 27.6. The Morgan fingerprint density at radius 1 is 1.47 bits per heavy atom. The van der Waals surface area contributed by atoms with Crippen LogP contribution in [0.2, 0.25) is 0 Å². The Kier molecular flexibility index (Phi) is 5.34. The summed E-state index contributed by atoms with van der Waals surface area (Å²) in [5, 5.41) is -0.744. The van der Waals surface area contributed by atoms with Gasteiger partial charge in [0, 0.05) is 6.04 Å². The van der Waals surface area contributed by atoms with Crippen LogP contribution in [-0.4, -0.2) is 24.7 Å². The molecular weight excluding hydrogens is 256 g/mol. The summed E-state index contributed by atoms with van der Waals surface area (Å²) in [5.74, 6) is 0.391. The van der Waals surface area contributed by atoms with E-state index in [2.05, 4.69) is 11.6 Å². The minimum absolute atomic E-state index is 0.0390. The van der Waals surface area contributed by atoms with Crippen molar-refractivity contribution in [1.82, 2.24) is 4.72 Å². The Morgan fingerprint density at radius 2 is 2.06 bits per heavy atom. The molecule has 0 radical (unpaired) electrons. The molecule has 3 N–H and O–H groups in total. The van der Waals surface area contributed by atoms with Crippen LogP contribution in [0.5, 0.6) is 0 Å². The van der Waals surface area contributed by atoms with E-state index < -0.39 is 15.3 Å². The van der Waals surface area contributed by atoms with Gasteiger partial charge < -0.3 is 5.73 Å². The second-order valence-electron chi connectivity index (χ2n) is 4.83. The summed E-state index contributed by atoms with van der Waals surface area (Å²) in [5.41, 5.74) is 5.49. The average Bonchev–Trinajstić information content (AvgIpc) is 2.21. The summed E-state index contributed by atoms with van der Waals surface area (Å²) in [7, 11) is -3.42. The Morgan fingerprint density at radius 3 is 2.53 bits per heavy atom. The summed E-state index contributed by atoms with van der Waals surface area (Å²) in [6.45, 7) is 3.88. The lowest BCUT2D eigenvalue weighted by Crippen LogP contribution is -2.48. The second kappa shape index (κ2) is 6.11. The van der Waals surface area contributed by atoms with Crippen LogP contribution < -0.4 is 10.5 Å². The third-order valence-corrected chi connectivity index (χ3v) is 5.89. The maximum Gasteiger partial charge on any atom is 0.221 e. The van der Waals surface area contributed by atoms with Crippen LogP contribution in [0.1, 0.15) is 46.0 Å². The largest absolute Gasteiger partial charge is 0.392 e. The van der Waals surface area contributed by atoms with E-state index in [1.54, 1.807) is 6.92 Å². The molecule has 0 aromatic rings. The average molecular weight is 278 g/mol. The highest BCUT2D eigenvalue weighted by Crippen LogP contribution is 2.24. The van der Waals surface area contributed by atoms with Crippen molar-refractivity contribution in [2.45, 2.75) is 57.2 Å². The van der Waals surface area contributed by atoms with Crippen LogP contribution in [0, 0.1) is 5.92 Å². The molecule has 0 aromatic carbocycles. The van der Waals surface area contributed by atoms with E-state index in [1.165, 1.54) is 6.42 Å². The standard InChI is InChI=1S/C11H22N2O2S2/c1-3-10(11(12)16)17(14,15)13-9-7-5-4-6-8(9)2/h8-10,13H,3-7H2,1-2H3,(H2,12,16). The number of hydrogen-bond acceptors (Lipinski definition) is 3. The number of sulfonamides is 1. The molecule has 0 aliphatic heterocycles. The van der Waals surface area contributed by atoms with E-state index in [-0.39, 0.29) is 11.0 Å². The van der Waals surface area contributed by atoms with Gasteiger partial charge in [0.05, 0.1) is 4.99 Å². The van der Waals surface area contributed by atoms with E-state index >= 15 is 0 Å². The molecule has 4 nitrogen and oxygen atoms in total.